The van der Waals surface area contributed by atoms with Gasteiger partial charge in [-0.3, -0.25) is 38.1 Å². The number of fused-ring (bicyclic) bond motifs is 11. The lowest BCUT2D eigenvalue weighted by molar-refractivity contribution is 0.431. The van der Waals surface area contributed by atoms with Gasteiger partial charge in [-0.1, -0.05) is 44.9 Å². The topological polar surface area (TPSA) is 660 Å². The number of aromatic hydroxyl groups is 1. The Morgan fingerprint density at radius 3 is 1.26 bits per heavy atom. The van der Waals surface area contributed by atoms with Crippen LogP contribution in [0.4, 0.5) is 0 Å². The minimum Gasteiger partial charge on any atom is -0.503 e. The molecule has 7 heterocycles. The zero-order valence-corrected chi connectivity index (χ0v) is 85.3. The number of nitrogens with two attached hydrogens (primary N) is 7. The molecular formula is C94H106N14O29S7. The van der Waals surface area contributed by atoms with Crippen molar-refractivity contribution in [1.29, 1.82) is 0 Å². The summed E-state index contributed by atoms with van der Waals surface area (Å²) >= 11 is 0. The molecule has 17 rings (SSSR count). The molecule has 50 heteroatoms. The maximum atomic E-state index is 13.1. The largest absolute Gasteiger partial charge is 0.503 e. The first-order chi connectivity index (χ1) is 67.3. The second-order valence-electron chi connectivity index (χ2n) is 33.2. The molecule has 2 aliphatic rings. The summed E-state index contributed by atoms with van der Waals surface area (Å²) in [6, 6.07) is 48.6. The molecule has 15 aromatic rings. The molecule has 0 saturated carbocycles. The number of aromatic nitrogens is 7. The Bertz CT molecular complexity index is 8950. The second kappa shape index (κ2) is 44.9. The zero-order valence-electron chi connectivity index (χ0n) is 79.6. The molecular weight excluding hydrogens is 2010 g/mol. The van der Waals surface area contributed by atoms with Crippen LogP contribution in [-0.2, 0) is 152 Å². The van der Waals surface area contributed by atoms with E-state index in [1.807, 2.05) is 71.0 Å². The molecule has 0 radical (unpaired) electrons. The molecule has 7 aromatic heterocycles. The van der Waals surface area contributed by atoms with Crippen molar-refractivity contribution in [3.8, 4) is 51.7 Å². The lowest BCUT2D eigenvalue weighted by Crippen LogP contribution is -2.24. The molecule has 144 heavy (non-hydrogen) atoms. The first-order valence-electron chi connectivity index (χ1n) is 44.1. The van der Waals surface area contributed by atoms with E-state index in [1.54, 1.807) is 108 Å². The van der Waals surface area contributed by atoms with Gasteiger partial charge in [0.1, 0.15) is 34.5 Å². The molecule has 0 bridgehead atoms. The Balaban J connectivity index is 0.000000161. The standard InChI is InChI=1S/C18H16N2O4S.C16H22N2O4S.C14H16N2O4S.C14H18N2O4S.C11H12N2O5S.C11H12N2O4S.C10H10N2O4S/c19-25(22,23)24-13-9-10-15-14-7-4-8-16(14)18(21)20(17(15)11-13)12-5-2-1-3-6-12;1-3-5-6-7-13-10-12-8-9-14(22-23(17,20)21)11-15(12)18(4-2)16(13)19;1-16-12-8-13(20-21(15,18)19)11-5-3-2-4-9(11)10(12)6-7-14(16)17;1-4-11-9(3)14(17)16(5-2)13-8-10(6-7-12(11)13)20-21(15,18)19;1-6-5-9(14)13(2)10-7(6)3-4-8(11(10)15)18-19(12,16)17;1-7-5-11(14)13(2)10-6-8(3-4-9(7)10)17-18(12,15)16;1-12-9-6-8(16-17(11,14)15)4-2-7(9)3-5-10(12)13/h1-3,5-6,9-11H,4,7-8H2,(H2,19,22,23);8-11H,3-7H2,1-2H3,(H2,17,20,21);6-8H,2-5H2,1H3,(H2,15,18,19);6-8H,4-5H2,1-3H3,(H2,15,18,19);3-5,15H,1-2H3,(H2,12,16,17);3-6H,1-2H3,(H2,12,15,16);2-6H,1H3,(H2,11,14,15). The highest BCUT2D eigenvalue weighted by Gasteiger charge is 2.27. The predicted octanol–water partition coefficient (Wildman–Crippen LogP) is 7.56. The summed E-state index contributed by atoms with van der Waals surface area (Å²) in [5, 5.41) is 50.0. The monoisotopic (exact) mass is 2120 g/mol. The third kappa shape index (κ3) is 27.7. The number of hydrogen-bond donors (Lipinski definition) is 8. The van der Waals surface area contributed by atoms with Crippen LogP contribution >= 0.6 is 0 Å². The van der Waals surface area contributed by atoms with Gasteiger partial charge >= 0.3 is 72.1 Å². The van der Waals surface area contributed by atoms with Crippen LogP contribution in [0.3, 0.4) is 0 Å². The van der Waals surface area contributed by atoms with E-state index in [2.05, 4.69) is 23.7 Å². The molecule has 43 nitrogen and oxygen atoms in total. The van der Waals surface area contributed by atoms with Crippen molar-refractivity contribution in [2.75, 3.05) is 0 Å². The van der Waals surface area contributed by atoms with Crippen LogP contribution in [0, 0.1) is 20.8 Å². The van der Waals surface area contributed by atoms with Crippen molar-refractivity contribution in [2.24, 2.45) is 64.2 Å². The minimum atomic E-state index is -4.25. The summed E-state index contributed by atoms with van der Waals surface area (Å²) in [6.07, 6.45) is 10.8. The Morgan fingerprint density at radius 1 is 0.333 bits per heavy atom. The lowest BCUT2D eigenvalue weighted by Gasteiger charge is -2.21. The van der Waals surface area contributed by atoms with Gasteiger partial charge in [0.2, 0.25) is 0 Å². The second-order valence-corrected chi connectivity index (χ2v) is 41.2. The SMILES string of the molecule is CCCCCc1cc2ccc(OS(N)(=O)=O)cc2n(CC)c1=O.CCc1c(C)c(=O)n(CC)c2cc(OS(N)(=O)=O)ccc12.Cc1cc(=O)n(C)c2c(O)c(OS(N)(=O)=O)ccc12.Cc1cc(=O)n(C)c2cc(OS(N)(=O)=O)ccc12.Cn1c(=O)ccc2c3c(c(OS(N)(=O)=O)cc21)CCCC3.Cn1c(=O)ccc2ccc(OS(N)(=O)=O)cc21.NS(=O)(=O)Oc1ccc2c3c(c(=O)n(-c4ccccc4)c2c1)CCC3. The van der Waals surface area contributed by atoms with Crippen LogP contribution in [0.2, 0.25) is 0 Å². The van der Waals surface area contributed by atoms with Crippen LogP contribution in [0.1, 0.15) is 116 Å². The van der Waals surface area contributed by atoms with Gasteiger partial charge in [0, 0.05) is 151 Å². The fourth-order valence-electron chi connectivity index (χ4n) is 16.9. The number of phenols is 1. The van der Waals surface area contributed by atoms with Crippen molar-refractivity contribution in [1.82, 2.24) is 32.0 Å². The molecule has 0 fully saturated rings. The van der Waals surface area contributed by atoms with Crippen LogP contribution in [-0.4, -0.2) is 96.0 Å². The van der Waals surface area contributed by atoms with Crippen molar-refractivity contribution in [3.63, 3.8) is 0 Å². The predicted molar refractivity (Wildman–Crippen MR) is 547 cm³/mol. The molecule has 768 valence electrons. The number of para-hydroxylation sites is 1. The number of aryl methyl sites for hydroxylation is 12. The maximum absolute atomic E-state index is 13.1. The smallest absolute Gasteiger partial charge is 0.380 e. The molecule has 8 aromatic carbocycles. The molecule has 0 atom stereocenters. The Labute approximate surface area is 827 Å². The number of phenolic OH excluding ortho intramolecular Hbond substituents is 1. The third-order valence-electron chi connectivity index (χ3n) is 23.3. The summed E-state index contributed by atoms with van der Waals surface area (Å²) in [7, 11) is -22.5. The number of rotatable bonds is 22. The van der Waals surface area contributed by atoms with Crippen LogP contribution in [0.5, 0.6) is 46.0 Å². The summed E-state index contributed by atoms with van der Waals surface area (Å²) < 4.78 is 197. The quantitative estimate of drug-likeness (QED) is 0.0303. The molecule has 15 N–H and O–H groups in total. The Kier molecular flexibility index (Phi) is 34.4. The Hall–Kier alpha value is -14.0. The van der Waals surface area contributed by atoms with Gasteiger partial charge < -0.3 is 61.8 Å². The number of benzene rings is 8. The van der Waals surface area contributed by atoms with E-state index in [0.29, 0.717) is 62.7 Å². The molecule has 2 aliphatic carbocycles. The Morgan fingerprint density at radius 2 is 0.729 bits per heavy atom. The maximum Gasteiger partial charge on any atom is 0.380 e. The molecule has 0 unspecified atom stereocenters. The van der Waals surface area contributed by atoms with E-state index in [-0.39, 0.29) is 84.7 Å². The van der Waals surface area contributed by atoms with E-state index in [0.717, 1.165) is 154 Å². The van der Waals surface area contributed by atoms with Gasteiger partial charge in [0.15, 0.2) is 11.5 Å². The lowest BCUT2D eigenvalue weighted by atomic mass is 9.88. The van der Waals surface area contributed by atoms with Gasteiger partial charge in [-0.25, -0.2) is 0 Å². The summed E-state index contributed by atoms with van der Waals surface area (Å²) in [6.45, 7) is 14.1. The molecule has 0 saturated heterocycles. The highest BCUT2D eigenvalue weighted by Crippen LogP contribution is 2.39. The minimum absolute atomic E-state index is 0.0381. The van der Waals surface area contributed by atoms with Gasteiger partial charge in [0.05, 0.1) is 38.6 Å². The number of hydrogen-bond acceptors (Lipinski definition) is 29. The number of pyridine rings is 7. The van der Waals surface area contributed by atoms with Crippen LogP contribution in [0.15, 0.2) is 216 Å². The number of nitrogens with zero attached hydrogens (tertiary/aromatic N) is 7. The van der Waals surface area contributed by atoms with Crippen LogP contribution < -0.4 is 104 Å². The first kappa shape index (κ1) is 110. The fourth-order valence-corrected chi connectivity index (χ4v) is 19.5. The van der Waals surface area contributed by atoms with Crippen LogP contribution in [0.25, 0.3) is 82.0 Å². The van der Waals surface area contributed by atoms with Gasteiger partial charge in [-0.15, -0.1) is 0 Å². The average Bonchev–Trinajstić information content (AvgIpc) is 1.55. The first-order valence-corrected chi connectivity index (χ1v) is 54.4. The number of unbranched alkanes of at least 4 members (excludes halogenated alkanes) is 2. The molecule has 0 amide bonds. The summed E-state index contributed by atoms with van der Waals surface area (Å²) in [5.41, 5.74) is 11.3. The van der Waals surface area contributed by atoms with E-state index in [9.17, 15) is 97.6 Å². The summed E-state index contributed by atoms with van der Waals surface area (Å²) in [5.74, 6) is -0.118. The average molecular weight is 2120 g/mol. The van der Waals surface area contributed by atoms with Crippen molar-refractivity contribution < 1.29 is 93.3 Å². The van der Waals surface area contributed by atoms with Gasteiger partial charge in [-0.05, 0) is 246 Å². The molecule has 0 aliphatic heterocycles. The van der Waals surface area contributed by atoms with E-state index in [4.69, 9.17) is 48.5 Å². The van der Waals surface area contributed by atoms with Gasteiger partial charge in [0.25, 0.3) is 38.9 Å². The van der Waals surface area contributed by atoms with Crippen molar-refractivity contribution >= 4 is 148 Å². The normalized spacial score (nSPS) is 12.6. The van der Waals surface area contributed by atoms with E-state index < -0.39 is 77.9 Å². The highest BCUT2D eigenvalue weighted by molar-refractivity contribution is 7.86. The highest BCUT2D eigenvalue weighted by atomic mass is 32.3. The third-order valence-corrected chi connectivity index (χ3v) is 26.2. The summed E-state index contributed by atoms with van der Waals surface area (Å²) in [4.78, 5) is 84.5. The van der Waals surface area contributed by atoms with E-state index in [1.165, 1.54) is 104 Å². The molecule has 0 spiro atoms. The van der Waals surface area contributed by atoms with E-state index >= 15 is 0 Å². The van der Waals surface area contributed by atoms with Gasteiger partial charge in [-0.2, -0.15) is 94.9 Å². The zero-order chi connectivity index (χ0) is 106. The van der Waals surface area contributed by atoms with Crippen molar-refractivity contribution in [3.05, 3.63) is 305 Å². The van der Waals surface area contributed by atoms with Crippen molar-refractivity contribution in [2.45, 2.75) is 139 Å². The fraction of sp³-hybridized carbons (Fsp3) is 0.266.